The molecule has 0 saturated carbocycles. The number of hydrogen-bond donors (Lipinski definition) is 1. The zero-order valence-electron chi connectivity index (χ0n) is 23.3. The number of carbonyl (C=O) groups excluding carboxylic acids is 2. The average Bonchev–Trinajstić information content (AvgIpc) is 3.03. The summed E-state index contributed by atoms with van der Waals surface area (Å²) in [7, 11) is 0. The van der Waals surface area contributed by atoms with Crippen LogP contribution in [0.15, 0.2) is 121 Å². The van der Waals surface area contributed by atoms with Gasteiger partial charge in [-0.25, -0.2) is 4.79 Å². The third-order valence-electron chi connectivity index (χ3n) is 8.88. The fraction of sp³-hybridized carbons (Fsp3) is 0.278. The second-order valence-corrected chi connectivity index (χ2v) is 11.5. The monoisotopic (exact) mass is 545 g/mol. The minimum atomic E-state index is -0.628. The number of nitrogens with zero attached hydrogens (tertiary/aromatic N) is 1. The van der Waals surface area contributed by atoms with Crippen LogP contribution in [-0.2, 0) is 9.53 Å². The maximum atomic E-state index is 14.3. The first-order chi connectivity index (χ1) is 20.1. The molecular weight excluding hydrogens is 508 g/mol. The number of fused-ring (bicyclic) bond motifs is 3. The number of rotatable bonds is 10. The topological polar surface area (TPSA) is 55.4 Å². The zero-order chi connectivity index (χ0) is 28.1. The molecule has 0 unspecified atom stereocenters. The molecule has 0 spiro atoms. The van der Waals surface area contributed by atoms with Crippen molar-refractivity contribution in [1.29, 1.82) is 0 Å². The highest BCUT2D eigenvalue weighted by molar-refractivity contribution is 5.97. The summed E-state index contributed by atoms with van der Waals surface area (Å²) in [6.45, 7) is 3.06. The van der Waals surface area contributed by atoms with Gasteiger partial charge in [-0.2, -0.15) is 0 Å². The molecule has 0 amide bonds. The minimum Gasteiger partial charge on any atom is -0.455 e. The molecule has 41 heavy (non-hydrogen) atoms. The van der Waals surface area contributed by atoms with Crippen LogP contribution in [0.3, 0.4) is 0 Å². The van der Waals surface area contributed by atoms with Crippen LogP contribution in [0.2, 0.25) is 0 Å². The van der Waals surface area contributed by atoms with E-state index in [0.29, 0.717) is 23.5 Å². The fourth-order valence-corrected chi connectivity index (χ4v) is 6.71. The molecular formula is C36H37N2O3+. The van der Waals surface area contributed by atoms with E-state index in [1.807, 2.05) is 97.1 Å². The van der Waals surface area contributed by atoms with Gasteiger partial charge in [-0.05, 0) is 23.3 Å². The molecule has 3 heterocycles. The van der Waals surface area contributed by atoms with Gasteiger partial charge in [0.1, 0.15) is 19.1 Å². The van der Waals surface area contributed by atoms with Gasteiger partial charge in [0, 0.05) is 35.9 Å². The van der Waals surface area contributed by atoms with E-state index in [4.69, 9.17) is 4.74 Å². The van der Waals surface area contributed by atoms with Crippen molar-refractivity contribution in [3.8, 4) is 0 Å². The summed E-state index contributed by atoms with van der Waals surface area (Å²) >= 11 is 0. The van der Waals surface area contributed by atoms with Gasteiger partial charge in [0.25, 0.3) is 0 Å². The van der Waals surface area contributed by atoms with Crippen molar-refractivity contribution in [2.75, 3.05) is 31.5 Å². The highest BCUT2D eigenvalue weighted by Crippen LogP contribution is 2.37. The predicted molar refractivity (Wildman–Crippen MR) is 162 cm³/mol. The quantitative estimate of drug-likeness (QED) is 0.144. The number of para-hydroxylation sites is 1. The number of ketones is 1. The Hall–Kier alpha value is -4.22. The second kappa shape index (κ2) is 12.1. The van der Waals surface area contributed by atoms with Crippen LogP contribution in [0, 0.1) is 5.92 Å². The normalized spacial score (nSPS) is 22.2. The van der Waals surface area contributed by atoms with Crippen LogP contribution < -0.4 is 5.32 Å². The molecule has 4 aromatic carbocycles. The molecule has 3 fully saturated rings. The number of Topliss-reactive ketones (excluding diaryl/α,β-unsaturated/α-hetero) is 1. The van der Waals surface area contributed by atoms with Crippen molar-refractivity contribution < 1.29 is 18.8 Å². The van der Waals surface area contributed by atoms with Gasteiger partial charge >= 0.3 is 5.97 Å². The predicted octanol–water partition coefficient (Wildman–Crippen LogP) is 6.33. The number of carbonyl (C=O) groups is 2. The number of hydrogen-bond acceptors (Lipinski definition) is 4. The number of ether oxygens (including phenoxy) is 1. The fourth-order valence-electron chi connectivity index (χ4n) is 6.71. The Morgan fingerprint density at radius 2 is 1.24 bits per heavy atom. The largest absolute Gasteiger partial charge is 0.455 e. The third kappa shape index (κ3) is 6.10. The van der Waals surface area contributed by atoms with Crippen molar-refractivity contribution in [2.45, 2.75) is 30.9 Å². The number of anilines is 1. The lowest BCUT2D eigenvalue weighted by molar-refractivity contribution is -0.938. The summed E-state index contributed by atoms with van der Waals surface area (Å²) in [5.41, 5.74) is 3.73. The van der Waals surface area contributed by atoms with E-state index in [1.54, 1.807) is 0 Å². The molecule has 3 aliphatic heterocycles. The van der Waals surface area contributed by atoms with Crippen LogP contribution in [0.1, 0.15) is 40.2 Å². The highest BCUT2D eigenvalue weighted by atomic mass is 16.5. The Labute approximate surface area is 242 Å². The van der Waals surface area contributed by atoms with Crippen LogP contribution in [0.25, 0.3) is 0 Å². The molecule has 5 nitrogen and oxygen atoms in total. The molecule has 7 rings (SSSR count). The standard InChI is InChI=1S/C36H37N2O3/c39-32(27-13-5-1-6-14-27)25-38-23-21-28(22-24-38)33(26-38)41-36(40)35(37-31-19-11-4-12-20-31)34(29-15-7-2-8-16-29)30-17-9-3-10-18-30/h1-20,28,33-35,37H,21-26H2/q+1/t28?,33-,35+,38?/m0/s1. The molecule has 208 valence electrons. The molecule has 2 bridgehead atoms. The van der Waals surface area contributed by atoms with Crippen molar-refractivity contribution >= 4 is 17.4 Å². The Kier molecular flexibility index (Phi) is 7.97. The SMILES string of the molecule is O=C(C[N+]12CCC(CC1)[C@@H](OC(=O)[C@H](Nc1ccccc1)C(c1ccccc1)c1ccccc1)C2)c1ccccc1. The average molecular weight is 546 g/mol. The lowest BCUT2D eigenvalue weighted by Crippen LogP contribution is -2.66. The number of piperidine rings is 3. The summed E-state index contributed by atoms with van der Waals surface area (Å²) in [5, 5.41) is 3.54. The van der Waals surface area contributed by atoms with Gasteiger partial charge in [-0.3, -0.25) is 4.79 Å². The Bertz CT molecular complexity index is 1400. The van der Waals surface area contributed by atoms with E-state index < -0.39 is 6.04 Å². The summed E-state index contributed by atoms with van der Waals surface area (Å²) in [4.78, 5) is 27.5. The van der Waals surface area contributed by atoms with E-state index in [-0.39, 0.29) is 23.8 Å². The molecule has 3 saturated heterocycles. The molecule has 3 aliphatic rings. The van der Waals surface area contributed by atoms with Crippen molar-refractivity contribution in [2.24, 2.45) is 5.92 Å². The Balaban J connectivity index is 1.27. The van der Waals surface area contributed by atoms with Gasteiger partial charge < -0.3 is 14.5 Å². The minimum absolute atomic E-state index is 0.160. The maximum Gasteiger partial charge on any atom is 0.330 e. The van der Waals surface area contributed by atoms with E-state index in [0.717, 1.165) is 48.3 Å². The van der Waals surface area contributed by atoms with Gasteiger partial charge in [-0.15, -0.1) is 0 Å². The van der Waals surface area contributed by atoms with Crippen molar-refractivity contribution in [1.82, 2.24) is 0 Å². The first-order valence-corrected chi connectivity index (χ1v) is 14.7. The number of esters is 1. The molecule has 2 atom stereocenters. The Morgan fingerprint density at radius 1 is 0.732 bits per heavy atom. The van der Waals surface area contributed by atoms with Crippen LogP contribution in [0.5, 0.6) is 0 Å². The van der Waals surface area contributed by atoms with Crippen molar-refractivity contribution in [3.63, 3.8) is 0 Å². The van der Waals surface area contributed by atoms with Gasteiger partial charge in [0.05, 0.1) is 13.1 Å². The molecule has 5 heteroatoms. The van der Waals surface area contributed by atoms with E-state index >= 15 is 0 Å². The molecule has 0 aromatic heterocycles. The third-order valence-corrected chi connectivity index (χ3v) is 8.88. The summed E-state index contributed by atoms with van der Waals surface area (Å²) < 4.78 is 7.16. The first kappa shape index (κ1) is 27.0. The van der Waals surface area contributed by atoms with E-state index in [2.05, 4.69) is 29.6 Å². The summed E-state index contributed by atoms with van der Waals surface area (Å²) in [6.07, 6.45) is 1.73. The van der Waals surface area contributed by atoms with Gasteiger partial charge in [0.15, 0.2) is 6.10 Å². The van der Waals surface area contributed by atoms with Crippen molar-refractivity contribution in [3.05, 3.63) is 138 Å². The van der Waals surface area contributed by atoms with E-state index in [1.165, 1.54) is 0 Å². The lowest BCUT2D eigenvalue weighted by atomic mass is 9.82. The van der Waals surface area contributed by atoms with Gasteiger partial charge in [-0.1, -0.05) is 109 Å². The van der Waals surface area contributed by atoms with E-state index in [9.17, 15) is 9.59 Å². The number of nitrogens with one attached hydrogen (secondary N) is 1. The number of quaternary nitrogens is 1. The van der Waals surface area contributed by atoms with Gasteiger partial charge in [0.2, 0.25) is 5.78 Å². The first-order valence-electron chi connectivity index (χ1n) is 14.7. The van der Waals surface area contributed by atoms with Crippen LogP contribution >= 0.6 is 0 Å². The number of benzene rings is 4. The van der Waals surface area contributed by atoms with Crippen LogP contribution in [0.4, 0.5) is 5.69 Å². The summed E-state index contributed by atoms with van der Waals surface area (Å²) in [5.74, 6) is -0.00485. The maximum absolute atomic E-state index is 14.3. The van der Waals surface area contributed by atoms with Crippen LogP contribution in [-0.4, -0.2) is 54.6 Å². The smallest absolute Gasteiger partial charge is 0.330 e. The second-order valence-electron chi connectivity index (χ2n) is 11.5. The molecule has 0 aliphatic carbocycles. The summed E-state index contributed by atoms with van der Waals surface area (Å²) in [6, 6.07) is 39.1. The molecule has 4 aromatic rings. The highest BCUT2D eigenvalue weighted by Gasteiger charge is 2.49. The zero-order valence-corrected chi connectivity index (χ0v) is 23.3. The molecule has 1 N–H and O–H groups in total. The molecule has 0 radical (unpaired) electrons. The Morgan fingerprint density at radius 3 is 1.80 bits per heavy atom. The lowest BCUT2D eigenvalue weighted by Gasteiger charge is -2.51.